The molecule has 0 unspecified atom stereocenters. The van der Waals surface area contributed by atoms with Gasteiger partial charge in [0, 0.05) is 59.5 Å². The van der Waals surface area contributed by atoms with E-state index in [0.717, 1.165) is 51.5 Å². The smallest absolute Gasteiger partial charge is 0.243 e. The van der Waals surface area contributed by atoms with Crippen molar-refractivity contribution >= 4 is 35.8 Å². The second kappa shape index (κ2) is 14.4. The molecular formula is C20H40IN5O2. The number of hydrogen-bond acceptors (Lipinski definition) is 4. The Morgan fingerprint density at radius 3 is 2.25 bits per heavy atom. The molecule has 2 fully saturated rings. The Labute approximate surface area is 188 Å². The largest absolute Gasteiger partial charge is 0.385 e. The van der Waals surface area contributed by atoms with Gasteiger partial charge in [-0.25, -0.2) is 4.99 Å². The van der Waals surface area contributed by atoms with E-state index in [1.54, 1.807) is 26.1 Å². The van der Waals surface area contributed by atoms with Crippen LogP contribution in [0.5, 0.6) is 0 Å². The van der Waals surface area contributed by atoms with Gasteiger partial charge in [-0.05, 0) is 32.1 Å². The molecule has 0 aromatic rings. The molecule has 0 radical (unpaired) electrons. The van der Waals surface area contributed by atoms with Crippen molar-refractivity contribution in [2.75, 3.05) is 54.0 Å². The highest BCUT2D eigenvalue weighted by Crippen LogP contribution is 2.17. The van der Waals surface area contributed by atoms with E-state index < -0.39 is 0 Å². The summed E-state index contributed by atoms with van der Waals surface area (Å²) in [6.07, 6.45) is 9.60. The highest BCUT2D eigenvalue weighted by Gasteiger charge is 2.21. The Kier molecular flexibility index (Phi) is 13.1. The molecule has 8 heteroatoms. The highest BCUT2D eigenvalue weighted by atomic mass is 127. The monoisotopic (exact) mass is 509 g/mol. The third-order valence-electron chi connectivity index (χ3n) is 5.57. The number of amides is 1. The van der Waals surface area contributed by atoms with Gasteiger partial charge in [-0.1, -0.05) is 19.3 Å². The van der Waals surface area contributed by atoms with Gasteiger partial charge in [0.25, 0.3) is 0 Å². The van der Waals surface area contributed by atoms with Crippen molar-refractivity contribution in [1.82, 2.24) is 20.4 Å². The van der Waals surface area contributed by atoms with Crippen LogP contribution in [0.3, 0.4) is 0 Å². The van der Waals surface area contributed by atoms with Gasteiger partial charge in [0.1, 0.15) is 6.54 Å². The number of halogens is 1. The molecule has 0 aromatic carbocycles. The first-order valence-corrected chi connectivity index (χ1v) is 10.6. The highest BCUT2D eigenvalue weighted by molar-refractivity contribution is 14.0. The van der Waals surface area contributed by atoms with Gasteiger partial charge in [0.2, 0.25) is 5.91 Å². The average molecular weight is 509 g/mol. The van der Waals surface area contributed by atoms with Crippen LogP contribution in [0.25, 0.3) is 0 Å². The molecule has 2 aliphatic rings. The standard InChI is InChI=1S/C20H39N5O2.HI/c1-24(2)19(26)16-21-20(22-17-8-5-4-6-9-17)23-18-10-13-25(14-11-18)12-7-15-27-3;/h17-18H,4-16H2,1-3H3,(H2,21,22,23);1H. The lowest BCUT2D eigenvalue weighted by Gasteiger charge is -2.34. The van der Waals surface area contributed by atoms with Crippen LogP contribution < -0.4 is 10.6 Å². The Hall–Kier alpha value is -0.610. The van der Waals surface area contributed by atoms with Crippen LogP contribution in [-0.4, -0.2) is 87.7 Å². The van der Waals surface area contributed by atoms with Crippen LogP contribution in [0.15, 0.2) is 4.99 Å². The maximum absolute atomic E-state index is 11.9. The lowest BCUT2D eigenvalue weighted by molar-refractivity contribution is -0.127. The fraction of sp³-hybridized carbons (Fsp3) is 0.900. The molecule has 1 saturated heterocycles. The summed E-state index contributed by atoms with van der Waals surface area (Å²) in [5.41, 5.74) is 0. The number of ether oxygens (including phenoxy) is 1. The van der Waals surface area contributed by atoms with Crippen molar-refractivity contribution in [2.24, 2.45) is 4.99 Å². The van der Waals surface area contributed by atoms with Gasteiger partial charge in [0.15, 0.2) is 5.96 Å². The van der Waals surface area contributed by atoms with E-state index >= 15 is 0 Å². The third kappa shape index (κ3) is 9.73. The van der Waals surface area contributed by atoms with Crippen LogP contribution in [0.2, 0.25) is 0 Å². The van der Waals surface area contributed by atoms with E-state index in [0.29, 0.717) is 12.1 Å². The van der Waals surface area contributed by atoms with Crippen molar-refractivity contribution in [3.05, 3.63) is 0 Å². The predicted octanol–water partition coefficient (Wildman–Crippen LogP) is 2.06. The molecule has 28 heavy (non-hydrogen) atoms. The molecule has 0 aromatic heterocycles. The summed E-state index contributed by atoms with van der Waals surface area (Å²) in [5.74, 6) is 0.850. The van der Waals surface area contributed by atoms with Gasteiger partial charge in [-0.3, -0.25) is 4.79 Å². The van der Waals surface area contributed by atoms with Crippen molar-refractivity contribution in [3.8, 4) is 0 Å². The minimum Gasteiger partial charge on any atom is -0.385 e. The fourth-order valence-corrected chi connectivity index (χ4v) is 3.79. The van der Waals surface area contributed by atoms with E-state index in [1.165, 1.54) is 32.1 Å². The van der Waals surface area contributed by atoms with Gasteiger partial charge in [0.05, 0.1) is 0 Å². The normalized spacial score (nSPS) is 19.8. The molecule has 1 aliphatic carbocycles. The van der Waals surface area contributed by atoms with E-state index in [9.17, 15) is 4.79 Å². The number of piperidine rings is 1. The summed E-state index contributed by atoms with van der Waals surface area (Å²) in [5, 5.41) is 7.19. The number of methoxy groups -OCH3 is 1. The van der Waals surface area contributed by atoms with E-state index in [2.05, 4.69) is 20.5 Å². The molecule has 164 valence electrons. The lowest BCUT2D eigenvalue weighted by Crippen LogP contribution is -2.51. The first kappa shape index (κ1) is 25.4. The second-order valence-electron chi connectivity index (χ2n) is 8.04. The molecular weight excluding hydrogens is 469 g/mol. The molecule has 2 rings (SSSR count). The Balaban J connectivity index is 0.00000392. The van der Waals surface area contributed by atoms with Crippen LogP contribution in [0, 0.1) is 0 Å². The SMILES string of the molecule is COCCCN1CCC(NC(=NCC(=O)N(C)C)NC2CCCCC2)CC1.I. The number of aliphatic imine (C=N–C) groups is 1. The summed E-state index contributed by atoms with van der Waals surface area (Å²) in [6.45, 7) is 4.35. The molecule has 1 saturated carbocycles. The summed E-state index contributed by atoms with van der Waals surface area (Å²) >= 11 is 0. The van der Waals surface area contributed by atoms with Crippen molar-refractivity contribution in [2.45, 2.75) is 63.5 Å². The summed E-state index contributed by atoms with van der Waals surface area (Å²) < 4.78 is 5.15. The number of likely N-dealkylation sites (tertiary alicyclic amines) is 1. The molecule has 1 heterocycles. The van der Waals surface area contributed by atoms with E-state index in [-0.39, 0.29) is 36.4 Å². The van der Waals surface area contributed by atoms with Crippen molar-refractivity contribution < 1.29 is 9.53 Å². The molecule has 1 amide bonds. The first-order valence-electron chi connectivity index (χ1n) is 10.6. The zero-order valence-electron chi connectivity index (χ0n) is 17.9. The maximum atomic E-state index is 11.9. The third-order valence-corrected chi connectivity index (χ3v) is 5.57. The topological polar surface area (TPSA) is 69.2 Å². The van der Waals surface area contributed by atoms with Crippen LogP contribution >= 0.6 is 24.0 Å². The number of nitrogens with zero attached hydrogens (tertiary/aromatic N) is 3. The molecule has 0 spiro atoms. The second-order valence-corrected chi connectivity index (χ2v) is 8.04. The summed E-state index contributed by atoms with van der Waals surface area (Å²) in [6, 6.07) is 0.904. The number of carbonyl (C=O) groups excluding carboxylic acids is 1. The van der Waals surface area contributed by atoms with Crippen LogP contribution in [-0.2, 0) is 9.53 Å². The van der Waals surface area contributed by atoms with Gasteiger partial charge < -0.3 is 25.2 Å². The number of nitrogens with one attached hydrogen (secondary N) is 2. The predicted molar refractivity (Wildman–Crippen MR) is 126 cm³/mol. The zero-order chi connectivity index (χ0) is 19.5. The van der Waals surface area contributed by atoms with Gasteiger partial charge in [-0.2, -0.15) is 0 Å². The number of hydrogen-bond donors (Lipinski definition) is 2. The molecule has 0 atom stereocenters. The van der Waals surface area contributed by atoms with E-state index in [4.69, 9.17) is 4.74 Å². The maximum Gasteiger partial charge on any atom is 0.243 e. The zero-order valence-corrected chi connectivity index (χ0v) is 20.2. The average Bonchev–Trinajstić information content (AvgIpc) is 2.68. The summed E-state index contributed by atoms with van der Waals surface area (Å²) in [7, 11) is 5.31. The Morgan fingerprint density at radius 2 is 1.68 bits per heavy atom. The first-order chi connectivity index (χ1) is 13.1. The minimum absolute atomic E-state index is 0. The fourth-order valence-electron chi connectivity index (χ4n) is 3.79. The van der Waals surface area contributed by atoms with E-state index in [1.807, 2.05) is 0 Å². The Bertz CT molecular complexity index is 462. The number of rotatable bonds is 8. The van der Waals surface area contributed by atoms with Gasteiger partial charge in [-0.15, -0.1) is 24.0 Å². The number of guanidine groups is 1. The lowest BCUT2D eigenvalue weighted by atomic mass is 9.95. The number of likely N-dealkylation sites (N-methyl/N-ethyl adjacent to an activating group) is 1. The molecule has 0 bridgehead atoms. The molecule has 1 aliphatic heterocycles. The Morgan fingerprint density at radius 1 is 1.07 bits per heavy atom. The van der Waals surface area contributed by atoms with Crippen LogP contribution in [0.4, 0.5) is 0 Å². The van der Waals surface area contributed by atoms with Crippen LogP contribution in [0.1, 0.15) is 51.4 Å². The van der Waals surface area contributed by atoms with Gasteiger partial charge >= 0.3 is 0 Å². The quantitative estimate of drug-likeness (QED) is 0.227. The minimum atomic E-state index is 0. The molecule has 7 nitrogen and oxygen atoms in total. The van der Waals surface area contributed by atoms with Crippen molar-refractivity contribution in [3.63, 3.8) is 0 Å². The molecule has 2 N–H and O–H groups in total. The number of carbonyl (C=O) groups is 1. The van der Waals surface area contributed by atoms with Crippen molar-refractivity contribution in [1.29, 1.82) is 0 Å². The summed E-state index contributed by atoms with van der Waals surface area (Å²) in [4.78, 5) is 20.6.